The zero-order valence-electron chi connectivity index (χ0n) is 18.7. The number of urea groups is 1. The summed E-state index contributed by atoms with van der Waals surface area (Å²) in [6, 6.07) is 16.7. The van der Waals surface area contributed by atoms with Gasteiger partial charge in [0, 0.05) is 10.0 Å². The lowest BCUT2D eigenvalue weighted by molar-refractivity contribution is -0.123. The fourth-order valence-electron chi connectivity index (χ4n) is 3.49. The lowest BCUT2D eigenvalue weighted by Gasteiger charge is -2.15. The largest absolute Gasteiger partial charge is 0.490 e. The summed E-state index contributed by atoms with van der Waals surface area (Å²) in [5.74, 6) is 0.00291. The van der Waals surface area contributed by atoms with Gasteiger partial charge in [-0.15, -0.1) is 0 Å². The number of nitrogens with zero attached hydrogens (tertiary/aromatic N) is 1. The molecule has 0 unspecified atom stereocenters. The van der Waals surface area contributed by atoms with Crippen LogP contribution in [0.5, 0.6) is 11.5 Å². The van der Waals surface area contributed by atoms with Crippen LogP contribution < -0.4 is 14.8 Å². The molecule has 3 amide bonds. The van der Waals surface area contributed by atoms with Crippen LogP contribution >= 0.6 is 31.9 Å². The van der Waals surface area contributed by atoms with Crippen molar-refractivity contribution in [3.63, 3.8) is 0 Å². The third kappa shape index (κ3) is 5.91. The average molecular weight is 604 g/mol. The Morgan fingerprint density at radius 3 is 2.49 bits per heavy atom. The zero-order chi connectivity index (χ0) is 24.9. The zero-order valence-corrected chi connectivity index (χ0v) is 21.9. The first-order chi connectivity index (χ1) is 16.9. The molecule has 0 saturated carbocycles. The van der Waals surface area contributed by atoms with Gasteiger partial charge in [0.2, 0.25) is 0 Å². The van der Waals surface area contributed by atoms with Crippen molar-refractivity contribution in [2.45, 2.75) is 20.1 Å². The summed E-state index contributed by atoms with van der Waals surface area (Å²) in [5.41, 5.74) is 1.95. The topological polar surface area (TPSA) is 67.9 Å². The van der Waals surface area contributed by atoms with Crippen molar-refractivity contribution in [2.24, 2.45) is 0 Å². The van der Waals surface area contributed by atoms with Gasteiger partial charge in [0.05, 0.1) is 17.6 Å². The number of nitrogens with one attached hydrogen (secondary N) is 1. The second-order valence-electron chi connectivity index (χ2n) is 7.65. The molecule has 0 radical (unpaired) electrons. The number of carbonyl (C=O) groups excluding carboxylic acids is 2. The molecule has 1 N–H and O–H groups in total. The summed E-state index contributed by atoms with van der Waals surface area (Å²) in [4.78, 5) is 26.2. The van der Waals surface area contributed by atoms with Crippen LogP contribution in [0.1, 0.15) is 23.6 Å². The molecule has 0 aromatic heterocycles. The normalized spacial score (nSPS) is 14.4. The molecule has 0 aliphatic carbocycles. The Morgan fingerprint density at radius 1 is 1.03 bits per heavy atom. The minimum atomic E-state index is -0.608. The van der Waals surface area contributed by atoms with E-state index in [-0.39, 0.29) is 17.8 Å². The van der Waals surface area contributed by atoms with Gasteiger partial charge in [0.1, 0.15) is 18.1 Å². The van der Waals surface area contributed by atoms with E-state index in [0.29, 0.717) is 34.7 Å². The highest BCUT2D eigenvalue weighted by atomic mass is 79.9. The molecule has 3 aromatic carbocycles. The van der Waals surface area contributed by atoms with Crippen molar-refractivity contribution < 1.29 is 23.5 Å². The number of ether oxygens (including phenoxy) is 2. The van der Waals surface area contributed by atoms with E-state index in [1.807, 2.05) is 31.2 Å². The summed E-state index contributed by atoms with van der Waals surface area (Å²) in [6.45, 7) is 2.45. The molecule has 0 atom stereocenters. The van der Waals surface area contributed by atoms with Crippen LogP contribution in [0.3, 0.4) is 0 Å². The Balaban J connectivity index is 1.55. The van der Waals surface area contributed by atoms with Gasteiger partial charge >= 0.3 is 6.03 Å². The van der Waals surface area contributed by atoms with Crippen molar-refractivity contribution in [3.05, 3.63) is 97.8 Å². The number of hydrogen-bond acceptors (Lipinski definition) is 4. The van der Waals surface area contributed by atoms with Crippen LogP contribution in [0.2, 0.25) is 0 Å². The highest BCUT2D eigenvalue weighted by molar-refractivity contribution is 9.10. The third-order valence-corrected chi connectivity index (χ3v) is 6.31. The van der Waals surface area contributed by atoms with Crippen LogP contribution in [0.25, 0.3) is 6.08 Å². The maximum Gasteiger partial charge on any atom is 0.329 e. The average Bonchev–Trinajstić information content (AvgIpc) is 3.08. The molecule has 1 fully saturated rings. The summed E-state index contributed by atoms with van der Waals surface area (Å²) < 4.78 is 27.4. The first-order valence-electron chi connectivity index (χ1n) is 10.8. The van der Waals surface area contributed by atoms with E-state index in [1.54, 1.807) is 30.3 Å². The van der Waals surface area contributed by atoms with E-state index in [4.69, 9.17) is 9.47 Å². The van der Waals surface area contributed by atoms with Crippen LogP contribution in [0.4, 0.5) is 9.18 Å². The fourth-order valence-corrected chi connectivity index (χ4v) is 4.33. The summed E-state index contributed by atoms with van der Waals surface area (Å²) in [6.07, 6.45) is 1.55. The molecule has 1 aliphatic heterocycles. The maximum atomic E-state index is 14.0. The second-order valence-corrected chi connectivity index (χ2v) is 9.42. The number of rotatable bonds is 8. The molecular weight excluding hydrogens is 583 g/mol. The van der Waals surface area contributed by atoms with E-state index < -0.39 is 17.8 Å². The van der Waals surface area contributed by atoms with Gasteiger partial charge < -0.3 is 14.8 Å². The highest BCUT2D eigenvalue weighted by Gasteiger charge is 2.34. The SMILES string of the molecule is CCOc1cc(/C=C2/NC(=O)N(Cc3ccccc3F)C2=O)cc(Br)c1OCc1ccc(Br)cc1. The van der Waals surface area contributed by atoms with Gasteiger partial charge in [-0.2, -0.15) is 0 Å². The second kappa shape index (κ2) is 11.0. The lowest BCUT2D eigenvalue weighted by Crippen LogP contribution is -2.30. The van der Waals surface area contributed by atoms with Crippen molar-refractivity contribution in [1.82, 2.24) is 10.2 Å². The molecule has 9 heteroatoms. The number of benzene rings is 3. The van der Waals surface area contributed by atoms with Gasteiger partial charge in [-0.3, -0.25) is 9.69 Å². The van der Waals surface area contributed by atoms with Crippen molar-refractivity contribution in [3.8, 4) is 11.5 Å². The Labute approximate surface area is 219 Å². The molecular formula is C26H21Br2FN2O4. The van der Waals surface area contributed by atoms with Crippen molar-refractivity contribution in [1.29, 1.82) is 0 Å². The van der Waals surface area contributed by atoms with Gasteiger partial charge in [0.25, 0.3) is 5.91 Å². The van der Waals surface area contributed by atoms with E-state index in [1.165, 1.54) is 12.1 Å². The smallest absolute Gasteiger partial charge is 0.329 e. The molecule has 35 heavy (non-hydrogen) atoms. The molecule has 1 heterocycles. The summed E-state index contributed by atoms with van der Waals surface area (Å²) in [5, 5.41) is 2.56. The Bertz CT molecular complexity index is 1300. The number of amides is 3. The third-order valence-electron chi connectivity index (χ3n) is 5.19. The Kier molecular flexibility index (Phi) is 7.87. The fraction of sp³-hybridized carbons (Fsp3) is 0.154. The quantitative estimate of drug-likeness (QED) is 0.238. The van der Waals surface area contributed by atoms with E-state index in [0.717, 1.165) is 14.9 Å². The van der Waals surface area contributed by atoms with E-state index >= 15 is 0 Å². The molecule has 0 bridgehead atoms. The Morgan fingerprint density at radius 2 is 1.77 bits per heavy atom. The molecule has 4 rings (SSSR count). The standard InChI is InChI=1S/C26H21Br2FN2O4/c1-2-34-23-13-17(11-20(28)24(23)35-15-16-7-9-19(27)10-8-16)12-22-25(32)31(26(33)30-22)14-18-5-3-4-6-21(18)29/h3-13H,2,14-15H2,1H3,(H,30,33)/b22-12+. The van der Waals surface area contributed by atoms with Gasteiger partial charge in [0.15, 0.2) is 11.5 Å². The van der Waals surface area contributed by atoms with Gasteiger partial charge in [-0.1, -0.05) is 46.3 Å². The Hall–Kier alpha value is -3.17. The monoisotopic (exact) mass is 602 g/mol. The first kappa shape index (κ1) is 24.9. The predicted octanol–water partition coefficient (Wildman–Crippen LogP) is 6.42. The van der Waals surface area contributed by atoms with Gasteiger partial charge in [-0.05, 0) is 70.4 Å². The minimum Gasteiger partial charge on any atom is -0.490 e. The molecule has 6 nitrogen and oxygen atoms in total. The maximum absolute atomic E-state index is 14.0. The van der Waals surface area contributed by atoms with E-state index in [9.17, 15) is 14.0 Å². The van der Waals surface area contributed by atoms with Crippen LogP contribution in [0, 0.1) is 5.82 Å². The minimum absolute atomic E-state index is 0.0872. The molecule has 1 saturated heterocycles. The summed E-state index contributed by atoms with van der Waals surface area (Å²) >= 11 is 6.94. The lowest BCUT2D eigenvalue weighted by atomic mass is 10.1. The van der Waals surface area contributed by atoms with Crippen LogP contribution in [-0.4, -0.2) is 23.4 Å². The summed E-state index contributed by atoms with van der Waals surface area (Å²) in [7, 11) is 0. The predicted molar refractivity (Wildman–Crippen MR) is 137 cm³/mol. The van der Waals surface area contributed by atoms with E-state index in [2.05, 4.69) is 37.2 Å². The van der Waals surface area contributed by atoms with Crippen molar-refractivity contribution in [2.75, 3.05) is 6.61 Å². The first-order valence-corrected chi connectivity index (χ1v) is 12.4. The highest BCUT2D eigenvalue weighted by Crippen LogP contribution is 2.38. The number of carbonyl (C=O) groups is 2. The molecule has 0 spiro atoms. The van der Waals surface area contributed by atoms with Crippen molar-refractivity contribution >= 4 is 49.9 Å². The van der Waals surface area contributed by atoms with Crippen LogP contribution in [-0.2, 0) is 17.9 Å². The number of hydrogen-bond donors (Lipinski definition) is 1. The molecule has 1 aliphatic rings. The van der Waals surface area contributed by atoms with Gasteiger partial charge in [-0.25, -0.2) is 9.18 Å². The number of imide groups is 1. The molecule has 180 valence electrons. The molecule has 3 aromatic rings. The number of halogens is 3. The van der Waals surface area contributed by atoms with Crippen LogP contribution in [0.15, 0.2) is 75.3 Å².